The van der Waals surface area contributed by atoms with E-state index in [0.29, 0.717) is 11.5 Å². The molecule has 0 bridgehead atoms. The first kappa shape index (κ1) is 9.71. The molecule has 15 heavy (non-hydrogen) atoms. The Morgan fingerprint density at radius 3 is 2.80 bits per heavy atom. The van der Waals surface area contributed by atoms with E-state index in [1.807, 2.05) is 26.0 Å². The molecule has 0 aliphatic heterocycles. The Labute approximate surface area is 87.0 Å². The van der Waals surface area contributed by atoms with Crippen LogP contribution in [-0.2, 0) is 0 Å². The van der Waals surface area contributed by atoms with Crippen molar-refractivity contribution in [1.29, 1.82) is 0 Å². The van der Waals surface area contributed by atoms with E-state index in [1.54, 1.807) is 6.07 Å². The predicted octanol–water partition coefficient (Wildman–Crippen LogP) is 2.05. The van der Waals surface area contributed by atoms with Crippen LogP contribution >= 0.6 is 0 Å². The highest BCUT2D eigenvalue weighted by Gasteiger charge is 2.17. The van der Waals surface area contributed by atoms with E-state index in [1.165, 1.54) is 0 Å². The number of amides is 1. The summed E-state index contributed by atoms with van der Waals surface area (Å²) in [5, 5.41) is 4.42. The van der Waals surface area contributed by atoms with Gasteiger partial charge in [0.2, 0.25) is 0 Å². The number of fused-ring (bicyclic) bond motifs is 1. The van der Waals surface area contributed by atoms with Crippen LogP contribution < -0.4 is 5.73 Å². The van der Waals surface area contributed by atoms with Gasteiger partial charge >= 0.3 is 0 Å². The third kappa shape index (κ3) is 1.48. The van der Waals surface area contributed by atoms with Crippen LogP contribution in [0.5, 0.6) is 0 Å². The summed E-state index contributed by atoms with van der Waals surface area (Å²) < 4.78 is 5.05. The zero-order valence-electron chi connectivity index (χ0n) is 8.65. The van der Waals surface area contributed by atoms with Gasteiger partial charge in [-0.25, -0.2) is 0 Å². The second-order valence-corrected chi connectivity index (χ2v) is 3.77. The summed E-state index contributed by atoms with van der Waals surface area (Å²) in [6, 6.07) is 5.62. The van der Waals surface area contributed by atoms with Gasteiger partial charge in [-0.15, -0.1) is 0 Å². The molecule has 78 valence electrons. The Kier molecular flexibility index (Phi) is 2.19. The van der Waals surface area contributed by atoms with Gasteiger partial charge in [0.1, 0.15) is 0 Å². The molecule has 1 heterocycles. The van der Waals surface area contributed by atoms with Crippen molar-refractivity contribution < 1.29 is 9.32 Å². The number of benzene rings is 1. The molecule has 0 atom stereocenters. The smallest absolute Gasteiger partial charge is 0.271 e. The Bertz CT molecular complexity index is 514. The lowest BCUT2D eigenvalue weighted by Gasteiger charge is -2.05. The maximum atomic E-state index is 11.2. The second-order valence-electron chi connectivity index (χ2n) is 3.77. The average Bonchev–Trinajstić information content (AvgIpc) is 2.60. The minimum atomic E-state index is -0.554. The topological polar surface area (TPSA) is 69.1 Å². The summed E-state index contributed by atoms with van der Waals surface area (Å²) >= 11 is 0. The van der Waals surface area contributed by atoms with Crippen molar-refractivity contribution in [3.05, 3.63) is 29.5 Å². The quantitative estimate of drug-likeness (QED) is 0.813. The normalized spacial score (nSPS) is 11.1. The standard InChI is InChI=1S/C11H12N2O2/c1-6(2)7-4-3-5-8-9(7)10(11(12)14)13-15-8/h3-6H,1-2H3,(H2,12,14). The largest absolute Gasteiger partial charge is 0.364 e. The minimum Gasteiger partial charge on any atom is -0.364 e. The van der Waals surface area contributed by atoms with Crippen LogP contribution in [0.1, 0.15) is 35.8 Å². The molecule has 0 saturated carbocycles. The Morgan fingerprint density at radius 2 is 2.20 bits per heavy atom. The highest BCUT2D eigenvalue weighted by Crippen LogP contribution is 2.27. The van der Waals surface area contributed by atoms with Crippen molar-refractivity contribution in [2.75, 3.05) is 0 Å². The van der Waals surface area contributed by atoms with Crippen LogP contribution in [0.2, 0.25) is 0 Å². The van der Waals surface area contributed by atoms with Gasteiger partial charge in [0.25, 0.3) is 5.91 Å². The summed E-state index contributed by atoms with van der Waals surface area (Å²) in [6.07, 6.45) is 0. The van der Waals surface area contributed by atoms with Crippen LogP contribution in [0.4, 0.5) is 0 Å². The number of carbonyl (C=O) groups excluding carboxylic acids is 1. The fraction of sp³-hybridized carbons (Fsp3) is 0.273. The highest BCUT2D eigenvalue weighted by molar-refractivity contribution is 6.04. The molecule has 1 aromatic carbocycles. The van der Waals surface area contributed by atoms with Gasteiger partial charge in [-0.3, -0.25) is 4.79 Å². The fourth-order valence-corrected chi connectivity index (χ4v) is 1.67. The van der Waals surface area contributed by atoms with Crippen molar-refractivity contribution in [2.24, 2.45) is 5.73 Å². The number of primary amides is 1. The van der Waals surface area contributed by atoms with Crippen molar-refractivity contribution in [2.45, 2.75) is 19.8 Å². The summed E-state index contributed by atoms with van der Waals surface area (Å²) in [6.45, 7) is 4.10. The van der Waals surface area contributed by atoms with Crippen LogP contribution in [0.15, 0.2) is 22.7 Å². The molecule has 0 aliphatic carbocycles. The molecule has 1 amide bonds. The second kappa shape index (κ2) is 3.38. The van der Waals surface area contributed by atoms with Gasteiger partial charge < -0.3 is 10.3 Å². The zero-order chi connectivity index (χ0) is 11.0. The molecule has 0 aliphatic rings. The predicted molar refractivity (Wildman–Crippen MR) is 56.6 cm³/mol. The van der Waals surface area contributed by atoms with Crippen molar-refractivity contribution in [3.8, 4) is 0 Å². The molecule has 4 heteroatoms. The monoisotopic (exact) mass is 204 g/mol. The maximum Gasteiger partial charge on any atom is 0.271 e. The molecule has 2 N–H and O–H groups in total. The SMILES string of the molecule is CC(C)c1cccc2onc(C(N)=O)c12. The molecule has 0 saturated heterocycles. The third-order valence-electron chi connectivity index (χ3n) is 2.39. The fourth-order valence-electron chi connectivity index (χ4n) is 1.67. The van der Waals surface area contributed by atoms with E-state index in [0.717, 1.165) is 10.9 Å². The van der Waals surface area contributed by atoms with E-state index < -0.39 is 5.91 Å². The molecule has 0 radical (unpaired) electrons. The molecule has 0 spiro atoms. The Morgan fingerprint density at radius 1 is 1.47 bits per heavy atom. The van der Waals surface area contributed by atoms with E-state index in [9.17, 15) is 4.79 Å². The number of hydrogen-bond donors (Lipinski definition) is 1. The Hall–Kier alpha value is -1.84. The van der Waals surface area contributed by atoms with Gasteiger partial charge in [-0.1, -0.05) is 31.1 Å². The van der Waals surface area contributed by atoms with Crippen molar-refractivity contribution in [3.63, 3.8) is 0 Å². The number of nitrogens with two attached hydrogens (primary N) is 1. The number of aromatic nitrogens is 1. The van der Waals surface area contributed by atoms with Gasteiger partial charge in [0.05, 0.1) is 5.39 Å². The van der Waals surface area contributed by atoms with Gasteiger partial charge in [0, 0.05) is 0 Å². The van der Waals surface area contributed by atoms with E-state index in [2.05, 4.69) is 5.16 Å². The molecule has 1 aromatic heterocycles. The van der Waals surface area contributed by atoms with E-state index in [4.69, 9.17) is 10.3 Å². The first-order valence-corrected chi connectivity index (χ1v) is 4.79. The van der Waals surface area contributed by atoms with Crippen LogP contribution in [0, 0.1) is 0 Å². The number of hydrogen-bond acceptors (Lipinski definition) is 3. The van der Waals surface area contributed by atoms with E-state index in [-0.39, 0.29) is 5.69 Å². The molecular weight excluding hydrogens is 192 g/mol. The lowest BCUT2D eigenvalue weighted by molar-refractivity contribution is 0.0993. The zero-order valence-corrected chi connectivity index (χ0v) is 8.65. The van der Waals surface area contributed by atoms with Crippen LogP contribution in [0.25, 0.3) is 11.0 Å². The van der Waals surface area contributed by atoms with Gasteiger partial charge in [0.15, 0.2) is 11.3 Å². The number of rotatable bonds is 2. The summed E-state index contributed by atoms with van der Waals surface area (Å²) in [7, 11) is 0. The molecule has 4 nitrogen and oxygen atoms in total. The molecule has 0 unspecified atom stereocenters. The molecule has 2 rings (SSSR count). The number of nitrogens with zero attached hydrogens (tertiary/aromatic N) is 1. The summed E-state index contributed by atoms with van der Waals surface area (Å²) in [5.41, 5.74) is 7.09. The van der Waals surface area contributed by atoms with Gasteiger partial charge in [-0.2, -0.15) is 0 Å². The summed E-state index contributed by atoms with van der Waals surface area (Å²) in [4.78, 5) is 11.2. The summed E-state index contributed by atoms with van der Waals surface area (Å²) in [5.74, 6) is -0.256. The lowest BCUT2D eigenvalue weighted by atomic mass is 9.98. The molecular formula is C11H12N2O2. The molecule has 2 aromatic rings. The average molecular weight is 204 g/mol. The van der Waals surface area contributed by atoms with Crippen LogP contribution in [0.3, 0.4) is 0 Å². The first-order valence-electron chi connectivity index (χ1n) is 4.79. The highest BCUT2D eigenvalue weighted by atomic mass is 16.5. The van der Waals surface area contributed by atoms with E-state index >= 15 is 0 Å². The first-order chi connectivity index (χ1) is 7.11. The van der Waals surface area contributed by atoms with Crippen molar-refractivity contribution >= 4 is 16.9 Å². The maximum absolute atomic E-state index is 11.2. The minimum absolute atomic E-state index is 0.217. The molecule has 0 fully saturated rings. The lowest BCUT2D eigenvalue weighted by Crippen LogP contribution is -2.12. The number of carbonyl (C=O) groups is 1. The Balaban J connectivity index is 2.80. The van der Waals surface area contributed by atoms with Gasteiger partial charge in [-0.05, 0) is 17.5 Å². The van der Waals surface area contributed by atoms with Crippen LogP contribution in [-0.4, -0.2) is 11.1 Å². The third-order valence-corrected chi connectivity index (χ3v) is 2.39. The van der Waals surface area contributed by atoms with Crippen molar-refractivity contribution in [1.82, 2.24) is 5.16 Å².